The molecule has 20 heavy (non-hydrogen) atoms. The highest BCUT2D eigenvalue weighted by Gasteiger charge is 2.28. The zero-order chi connectivity index (χ0) is 14.1. The predicted octanol–water partition coefficient (Wildman–Crippen LogP) is 2.31. The van der Waals surface area contributed by atoms with Crippen molar-refractivity contribution in [3.63, 3.8) is 0 Å². The van der Waals surface area contributed by atoms with Crippen LogP contribution in [0.5, 0.6) is 0 Å². The van der Waals surface area contributed by atoms with Gasteiger partial charge in [0.15, 0.2) is 11.1 Å². The average Bonchev–Trinajstić information content (AvgIpc) is 2.82. The molecule has 2 aromatic rings. The SMILES string of the molecule is CC(=O)C[C@H]1N=C(Cl)Nc2c1nnn2-c1ccccc1. The number of fused-ring (bicyclic) bond motifs is 1. The van der Waals surface area contributed by atoms with Gasteiger partial charge in [-0.25, -0.2) is 4.99 Å². The Kier molecular flexibility index (Phi) is 3.23. The van der Waals surface area contributed by atoms with Gasteiger partial charge in [-0.3, -0.25) is 4.79 Å². The van der Waals surface area contributed by atoms with Crippen LogP contribution in [-0.4, -0.2) is 26.1 Å². The zero-order valence-electron chi connectivity index (χ0n) is 10.7. The van der Waals surface area contributed by atoms with E-state index >= 15 is 0 Å². The summed E-state index contributed by atoms with van der Waals surface area (Å²) in [5.74, 6) is 0.688. The van der Waals surface area contributed by atoms with Crippen molar-refractivity contribution in [2.45, 2.75) is 19.4 Å². The van der Waals surface area contributed by atoms with Gasteiger partial charge in [-0.15, -0.1) is 5.10 Å². The molecule has 0 fully saturated rings. The Morgan fingerprint density at radius 2 is 2.15 bits per heavy atom. The van der Waals surface area contributed by atoms with Gasteiger partial charge in [0, 0.05) is 6.42 Å². The summed E-state index contributed by atoms with van der Waals surface area (Å²) in [5, 5.41) is 11.4. The molecule has 1 N–H and O–H groups in total. The molecule has 0 spiro atoms. The summed E-state index contributed by atoms with van der Waals surface area (Å²) < 4.78 is 1.65. The van der Waals surface area contributed by atoms with Gasteiger partial charge >= 0.3 is 0 Å². The molecule has 1 aromatic heterocycles. The molecule has 1 aliphatic heterocycles. The predicted molar refractivity (Wildman–Crippen MR) is 76.3 cm³/mol. The summed E-state index contributed by atoms with van der Waals surface area (Å²) in [4.78, 5) is 15.5. The molecule has 1 aromatic carbocycles. The number of nitrogens with zero attached hydrogens (tertiary/aromatic N) is 4. The first-order valence-corrected chi connectivity index (χ1v) is 6.53. The molecular formula is C13H12ClN5O. The molecule has 102 valence electrons. The summed E-state index contributed by atoms with van der Waals surface area (Å²) >= 11 is 6.00. The molecule has 1 aliphatic rings. The quantitative estimate of drug-likeness (QED) is 0.880. The van der Waals surface area contributed by atoms with E-state index in [4.69, 9.17) is 11.6 Å². The highest BCUT2D eigenvalue weighted by molar-refractivity contribution is 6.67. The molecule has 0 bridgehead atoms. The van der Waals surface area contributed by atoms with Crippen LogP contribution < -0.4 is 5.32 Å². The highest BCUT2D eigenvalue weighted by Crippen LogP contribution is 2.32. The van der Waals surface area contributed by atoms with Gasteiger partial charge in [-0.2, -0.15) is 4.68 Å². The Bertz CT molecular complexity index is 679. The molecule has 0 radical (unpaired) electrons. The molecule has 6 nitrogen and oxygen atoms in total. The maximum absolute atomic E-state index is 11.3. The number of aliphatic imine (C=N–C) groups is 1. The Labute approximate surface area is 120 Å². The number of ketones is 1. The van der Waals surface area contributed by atoms with Crippen LogP contribution in [0.2, 0.25) is 0 Å². The van der Waals surface area contributed by atoms with Gasteiger partial charge in [-0.1, -0.05) is 23.4 Å². The van der Waals surface area contributed by atoms with E-state index in [1.165, 1.54) is 6.92 Å². The van der Waals surface area contributed by atoms with Crippen molar-refractivity contribution in [1.82, 2.24) is 15.0 Å². The van der Waals surface area contributed by atoms with Crippen LogP contribution in [0, 0.1) is 0 Å². The largest absolute Gasteiger partial charge is 0.314 e. The van der Waals surface area contributed by atoms with Crippen LogP contribution >= 0.6 is 11.6 Å². The van der Waals surface area contributed by atoms with E-state index in [2.05, 4.69) is 20.6 Å². The van der Waals surface area contributed by atoms with Gasteiger partial charge in [0.25, 0.3) is 0 Å². The lowest BCUT2D eigenvalue weighted by Crippen LogP contribution is -2.19. The van der Waals surface area contributed by atoms with E-state index in [-0.39, 0.29) is 23.5 Å². The third kappa shape index (κ3) is 2.30. The molecule has 1 atom stereocenters. The van der Waals surface area contributed by atoms with Gasteiger partial charge in [0.05, 0.1) is 5.69 Å². The molecule has 0 amide bonds. The Balaban J connectivity index is 2.04. The second-order valence-electron chi connectivity index (χ2n) is 4.54. The highest BCUT2D eigenvalue weighted by atomic mass is 35.5. The summed E-state index contributed by atoms with van der Waals surface area (Å²) in [7, 11) is 0. The van der Waals surface area contributed by atoms with E-state index < -0.39 is 0 Å². The summed E-state index contributed by atoms with van der Waals surface area (Å²) in [6, 6.07) is 9.19. The monoisotopic (exact) mass is 289 g/mol. The molecule has 0 saturated carbocycles. The fourth-order valence-electron chi connectivity index (χ4n) is 2.13. The van der Waals surface area contributed by atoms with E-state index in [1.807, 2.05) is 30.3 Å². The van der Waals surface area contributed by atoms with Crippen molar-refractivity contribution >= 4 is 28.5 Å². The van der Waals surface area contributed by atoms with E-state index in [9.17, 15) is 4.79 Å². The molecular weight excluding hydrogens is 278 g/mol. The smallest absolute Gasteiger partial charge is 0.197 e. The van der Waals surface area contributed by atoms with Crippen LogP contribution in [0.1, 0.15) is 25.1 Å². The minimum Gasteiger partial charge on any atom is -0.314 e. The summed E-state index contributed by atoms with van der Waals surface area (Å²) in [6.45, 7) is 1.52. The van der Waals surface area contributed by atoms with Crippen LogP contribution in [-0.2, 0) is 4.79 Å². The van der Waals surface area contributed by atoms with Crippen LogP contribution in [0.3, 0.4) is 0 Å². The van der Waals surface area contributed by atoms with E-state index in [1.54, 1.807) is 4.68 Å². The van der Waals surface area contributed by atoms with Gasteiger partial charge in [0.2, 0.25) is 0 Å². The number of hydrogen-bond donors (Lipinski definition) is 1. The van der Waals surface area contributed by atoms with Gasteiger partial charge < -0.3 is 5.32 Å². The number of Topliss-reactive ketones (excluding diaryl/α,β-unsaturated/α-hetero) is 1. The minimum absolute atomic E-state index is 0.0327. The number of carbonyl (C=O) groups excluding carboxylic acids is 1. The van der Waals surface area contributed by atoms with Gasteiger partial charge in [-0.05, 0) is 30.7 Å². The number of carbonyl (C=O) groups is 1. The standard InChI is InChI=1S/C13H12ClN5O/c1-8(20)7-10-11-12(16-13(14)15-10)19(18-17-11)9-5-3-2-4-6-9/h2-6,10H,7H2,1H3,(H,15,16)/t10-/m1/s1. The molecule has 3 rings (SSSR count). The van der Waals surface area contributed by atoms with E-state index in [0.29, 0.717) is 11.5 Å². The van der Waals surface area contributed by atoms with Crippen molar-refractivity contribution in [1.29, 1.82) is 0 Å². The normalized spacial score (nSPS) is 17.1. The topological polar surface area (TPSA) is 72.2 Å². The third-order valence-corrected chi connectivity index (χ3v) is 3.18. The molecule has 0 saturated heterocycles. The Morgan fingerprint density at radius 1 is 1.40 bits per heavy atom. The minimum atomic E-state index is -0.381. The van der Waals surface area contributed by atoms with Crippen LogP contribution in [0.15, 0.2) is 35.3 Å². The fourth-order valence-corrected chi connectivity index (χ4v) is 2.33. The number of hydrogen-bond acceptors (Lipinski definition) is 5. The molecule has 0 aliphatic carbocycles. The first-order chi connectivity index (χ1) is 9.65. The number of nitrogens with one attached hydrogen (secondary N) is 1. The van der Waals surface area contributed by atoms with Crippen LogP contribution in [0.4, 0.5) is 5.82 Å². The second-order valence-corrected chi connectivity index (χ2v) is 4.90. The zero-order valence-corrected chi connectivity index (χ0v) is 11.5. The van der Waals surface area contributed by atoms with Crippen molar-refractivity contribution in [3.8, 4) is 5.69 Å². The van der Waals surface area contributed by atoms with Gasteiger partial charge in [0.1, 0.15) is 17.5 Å². The van der Waals surface area contributed by atoms with E-state index in [0.717, 1.165) is 5.69 Å². The number of anilines is 1. The molecule has 7 heteroatoms. The first-order valence-electron chi connectivity index (χ1n) is 6.16. The number of halogens is 1. The summed E-state index contributed by atoms with van der Waals surface area (Å²) in [6.07, 6.45) is 0.262. The maximum Gasteiger partial charge on any atom is 0.197 e. The number of benzene rings is 1. The summed E-state index contributed by atoms with van der Waals surface area (Å²) in [5.41, 5.74) is 1.50. The number of amidine groups is 1. The lowest BCUT2D eigenvalue weighted by molar-refractivity contribution is -0.117. The Hall–Kier alpha value is -2.21. The molecule has 2 heterocycles. The fraction of sp³-hybridized carbons (Fsp3) is 0.231. The van der Waals surface area contributed by atoms with Crippen molar-refractivity contribution in [2.75, 3.05) is 5.32 Å². The van der Waals surface area contributed by atoms with Crippen LogP contribution in [0.25, 0.3) is 5.69 Å². The lowest BCUT2D eigenvalue weighted by Gasteiger charge is -2.18. The molecule has 0 unspecified atom stereocenters. The van der Waals surface area contributed by atoms with Crippen molar-refractivity contribution in [2.24, 2.45) is 4.99 Å². The lowest BCUT2D eigenvalue weighted by atomic mass is 10.1. The Morgan fingerprint density at radius 3 is 2.85 bits per heavy atom. The maximum atomic E-state index is 11.3. The average molecular weight is 290 g/mol. The third-order valence-electron chi connectivity index (χ3n) is 2.98. The number of aromatic nitrogens is 3. The van der Waals surface area contributed by atoms with Crippen molar-refractivity contribution in [3.05, 3.63) is 36.0 Å². The second kappa shape index (κ2) is 5.05. The van der Waals surface area contributed by atoms with Crippen molar-refractivity contribution < 1.29 is 4.79 Å². The first kappa shape index (κ1) is 12.8. The number of para-hydroxylation sites is 1. The number of rotatable bonds is 3.